The zero-order valence-corrected chi connectivity index (χ0v) is 25.1. The van der Waals surface area contributed by atoms with Crippen molar-refractivity contribution in [1.29, 1.82) is 0 Å². The van der Waals surface area contributed by atoms with Gasteiger partial charge in [0.25, 0.3) is 5.69 Å². The van der Waals surface area contributed by atoms with Gasteiger partial charge in [0.2, 0.25) is 0 Å². The number of rotatable bonds is 11. The average Bonchev–Trinajstić information content (AvgIpc) is 3.51. The number of benzene rings is 4. The maximum absolute atomic E-state index is 13.6. The first kappa shape index (κ1) is 33.2. The summed E-state index contributed by atoms with van der Waals surface area (Å²) in [5.41, 5.74) is 2.65. The summed E-state index contributed by atoms with van der Waals surface area (Å²) in [4.78, 5) is 43.2. The number of carbonyl (C=O) groups excluding carboxylic acids is 1. The number of nitro benzene ring substituents is 1. The van der Waals surface area contributed by atoms with Crippen LogP contribution in [-0.2, 0) is 32.6 Å². The summed E-state index contributed by atoms with van der Waals surface area (Å²) in [6.07, 6.45) is -0.0555. The number of hydrogen-bond acceptors (Lipinski definition) is 7. The summed E-state index contributed by atoms with van der Waals surface area (Å²) < 4.78 is 0. The molecule has 10 nitrogen and oxygen atoms in total. The van der Waals surface area contributed by atoms with Crippen molar-refractivity contribution in [3.8, 4) is 0 Å². The molecule has 5 rings (SSSR count). The Morgan fingerprint density at radius 3 is 2.20 bits per heavy atom. The number of amides is 1. The SMILES string of the molecule is O=C(O)[C@H](N=C(c1ccccc1)c1ccccc1[N-]C(=O)[C@@H]1CCCN1Cc1ccccc1)[C@@H](O)c1ccc([N+](=O)[O-])cc1.[Ni]. The summed E-state index contributed by atoms with van der Waals surface area (Å²) in [5.74, 6) is -1.68. The van der Waals surface area contributed by atoms with Crippen LogP contribution >= 0.6 is 0 Å². The standard InChI is InChI=1S/C34H32N4O6.Ni/c39-32(25-17-19-26(20-18-25)38(43)44)31(34(41)42)36-30(24-12-5-2-6-13-24)27-14-7-8-15-28(27)35-33(40)29-16-9-21-37(29)22-23-10-3-1-4-11-23;/h1-8,10-15,17-20,29,31-32,39H,9,16,21-22H2,(H2,35,36,40,41,42);/p-1/t29-,31+,32-;/m0./s1. The maximum Gasteiger partial charge on any atom is 0.331 e. The number of nitrogens with zero attached hydrogens (tertiary/aromatic N) is 4. The number of aliphatic carboxylic acids is 1. The monoisotopic (exact) mass is 649 g/mol. The van der Waals surface area contributed by atoms with E-state index in [-0.39, 0.29) is 39.4 Å². The van der Waals surface area contributed by atoms with Crippen LogP contribution in [0.1, 0.15) is 41.2 Å². The van der Waals surface area contributed by atoms with Gasteiger partial charge in [-0.3, -0.25) is 20.0 Å². The van der Waals surface area contributed by atoms with Crippen LogP contribution in [-0.4, -0.2) is 56.3 Å². The fourth-order valence-corrected chi connectivity index (χ4v) is 5.35. The fraction of sp³-hybridized carbons (Fsp3) is 0.206. The van der Waals surface area contributed by atoms with E-state index in [9.17, 15) is 29.9 Å². The molecule has 2 N–H and O–H groups in total. The van der Waals surface area contributed by atoms with Crippen molar-refractivity contribution in [1.82, 2.24) is 4.90 Å². The summed E-state index contributed by atoms with van der Waals surface area (Å²) in [6, 6.07) is 28.7. The molecule has 0 aromatic heterocycles. The second-order valence-electron chi connectivity index (χ2n) is 10.5. The van der Waals surface area contributed by atoms with Crippen LogP contribution in [0.15, 0.2) is 114 Å². The first-order valence-corrected chi connectivity index (χ1v) is 14.2. The Balaban J connectivity index is 0.00000461. The third-order valence-corrected chi connectivity index (χ3v) is 7.58. The van der Waals surface area contributed by atoms with E-state index in [0.717, 1.165) is 18.5 Å². The molecule has 0 saturated carbocycles. The van der Waals surface area contributed by atoms with Crippen molar-refractivity contribution in [2.75, 3.05) is 6.54 Å². The molecule has 3 atom stereocenters. The van der Waals surface area contributed by atoms with Crippen LogP contribution in [0.3, 0.4) is 0 Å². The molecule has 0 unspecified atom stereocenters. The summed E-state index contributed by atoms with van der Waals surface area (Å²) >= 11 is 0. The van der Waals surface area contributed by atoms with Gasteiger partial charge < -0.3 is 20.3 Å². The number of nitro groups is 1. The molecule has 1 saturated heterocycles. The third-order valence-electron chi connectivity index (χ3n) is 7.58. The zero-order chi connectivity index (χ0) is 31.1. The Labute approximate surface area is 270 Å². The van der Waals surface area contributed by atoms with Gasteiger partial charge in [-0.25, -0.2) is 4.79 Å². The fourth-order valence-electron chi connectivity index (χ4n) is 5.35. The average molecular weight is 650 g/mol. The van der Waals surface area contributed by atoms with Crippen LogP contribution in [0.5, 0.6) is 0 Å². The van der Waals surface area contributed by atoms with Gasteiger partial charge in [-0.1, -0.05) is 84.9 Å². The van der Waals surface area contributed by atoms with Crippen LogP contribution in [0.2, 0.25) is 0 Å². The number of para-hydroxylation sites is 1. The Morgan fingerprint density at radius 1 is 0.933 bits per heavy atom. The molecule has 1 fully saturated rings. The van der Waals surface area contributed by atoms with Crippen molar-refractivity contribution in [3.05, 3.63) is 147 Å². The van der Waals surface area contributed by atoms with Gasteiger partial charge in [0.1, 0.15) is 6.10 Å². The van der Waals surface area contributed by atoms with E-state index in [1.165, 1.54) is 24.3 Å². The molecule has 1 aliphatic heterocycles. The van der Waals surface area contributed by atoms with Gasteiger partial charge in [0.15, 0.2) is 6.04 Å². The van der Waals surface area contributed by atoms with Gasteiger partial charge in [-0.2, -0.15) is 0 Å². The van der Waals surface area contributed by atoms with E-state index in [1.54, 1.807) is 48.5 Å². The Kier molecular flexibility index (Phi) is 11.3. The topological polar surface area (TPSA) is 147 Å². The van der Waals surface area contributed by atoms with Crippen molar-refractivity contribution in [2.24, 2.45) is 4.99 Å². The van der Waals surface area contributed by atoms with E-state index in [1.807, 2.05) is 36.4 Å². The minimum Gasteiger partial charge on any atom is -0.625 e. The Morgan fingerprint density at radius 2 is 1.56 bits per heavy atom. The molecule has 11 heteroatoms. The van der Waals surface area contributed by atoms with Gasteiger partial charge in [-0.15, -0.1) is 5.69 Å². The number of likely N-dealkylation sites (tertiary alicyclic amines) is 1. The second-order valence-corrected chi connectivity index (χ2v) is 10.5. The molecule has 1 aliphatic rings. The molecule has 0 radical (unpaired) electrons. The number of carbonyl (C=O) groups is 2. The van der Waals surface area contributed by atoms with Crippen LogP contribution in [0.4, 0.5) is 11.4 Å². The Bertz CT molecular complexity index is 1650. The number of aliphatic hydroxyl groups is 1. The number of carboxylic acid groups (broad SMARTS) is 1. The molecule has 234 valence electrons. The molecule has 45 heavy (non-hydrogen) atoms. The predicted molar refractivity (Wildman–Crippen MR) is 166 cm³/mol. The van der Waals surface area contributed by atoms with Crippen LogP contribution in [0.25, 0.3) is 5.32 Å². The van der Waals surface area contributed by atoms with Crippen molar-refractivity contribution >= 4 is 29.0 Å². The molecule has 0 bridgehead atoms. The van der Waals surface area contributed by atoms with E-state index >= 15 is 0 Å². The van der Waals surface area contributed by atoms with E-state index < -0.39 is 29.1 Å². The smallest absolute Gasteiger partial charge is 0.331 e. The van der Waals surface area contributed by atoms with Gasteiger partial charge >= 0.3 is 5.97 Å². The van der Waals surface area contributed by atoms with E-state index in [4.69, 9.17) is 0 Å². The Hall–Kier alpha value is -4.70. The largest absolute Gasteiger partial charge is 0.625 e. The third kappa shape index (κ3) is 8.07. The van der Waals surface area contributed by atoms with Crippen LogP contribution in [0, 0.1) is 10.1 Å². The first-order chi connectivity index (χ1) is 21.3. The number of non-ortho nitro benzene ring substituents is 1. The quantitative estimate of drug-likeness (QED) is 0.0901. The van der Waals surface area contributed by atoms with Crippen molar-refractivity contribution in [2.45, 2.75) is 37.6 Å². The normalized spacial score (nSPS) is 16.3. The van der Waals surface area contributed by atoms with Gasteiger partial charge in [-0.05, 0) is 48.2 Å². The molecule has 1 amide bonds. The first-order valence-electron chi connectivity index (χ1n) is 14.2. The molecular weight excluding hydrogens is 619 g/mol. The predicted octanol–water partition coefficient (Wildman–Crippen LogP) is 5.81. The summed E-state index contributed by atoms with van der Waals surface area (Å²) in [7, 11) is 0. The number of aliphatic hydroxyl groups excluding tert-OH is 1. The summed E-state index contributed by atoms with van der Waals surface area (Å²) in [6.45, 7) is 1.41. The van der Waals surface area contributed by atoms with E-state index in [0.29, 0.717) is 29.8 Å². The zero-order valence-electron chi connectivity index (χ0n) is 24.1. The second kappa shape index (κ2) is 15.3. The minimum atomic E-state index is -1.66. The molecular formula is C34H31N4NiO6-. The molecule has 1 heterocycles. The summed E-state index contributed by atoms with van der Waals surface area (Å²) in [5, 5.41) is 36.8. The molecule has 4 aromatic carbocycles. The molecule has 4 aromatic rings. The van der Waals surface area contributed by atoms with Gasteiger partial charge in [0, 0.05) is 40.7 Å². The van der Waals surface area contributed by atoms with Gasteiger partial charge in [0.05, 0.1) is 22.6 Å². The number of hydrogen-bond donors (Lipinski definition) is 2. The molecule has 0 aliphatic carbocycles. The van der Waals surface area contributed by atoms with E-state index in [2.05, 4.69) is 15.2 Å². The minimum absolute atomic E-state index is 0. The van der Waals surface area contributed by atoms with Crippen molar-refractivity contribution in [3.63, 3.8) is 0 Å². The number of aliphatic imine (C=N–C) groups is 1. The van der Waals surface area contributed by atoms with Crippen LogP contribution < -0.4 is 0 Å². The van der Waals surface area contributed by atoms with Crippen molar-refractivity contribution < 1.29 is 41.2 Å². The number of carboxylic acids is 1. The maximum atomic E-state index is 13.6. The molecule has 0 spiro atoms.